The van der Waals surface area contributed by atoms with Crippen LogP contribution < -0.4 is 14.8 Å². The highest BCUT2D eigenvalue weighted by Gasteiger charge is 2.55. The van der Waals surface area contributed by atoms with Gasteiger partial charge >= 0.3 is 12.0 Å². The largest absolute Gasteiger partial charge is 0.493 e. The van der Waals surface area contributed by atoms with Crippen LogP contribution in [-0.4, -0.2) is 49.2 Å². The first-order chi connectivity index (χ1) is 14.5. The van der Waals surface area contributed by atoms with Gasteiger partial charge in [-0.3, -0.25) is 14.5 Å². The number of nitrogens with one attached hydrogen (secondary N) is 1. The summed E-state index contributed by atoms with van der Waals surface area (Å²) in [6, 6.07) is 14.0. The van der Waals surface area contributed by atoms with Crippen molar-refractivity contribution in [2.75, 3.05) is 26.4 Å². The van der Waals surface area contributed by atoms with E-state index in [0.717, 1.165) is 10.5 Å². The number of carbonyl (C=O) groups is 3. The second-order valence-electron chi connectivity index (χ2n) is 7.21. The number of imide groups is 1. The zero-order chi connectivity index (χ0) is 21.1. The van der Waals surface area contributed by atoms with Crippen molar-refractivity contribution < 1.29 is 28.6 Å². The van der Waals surface area contributed by atoms with Gasteiger partial charge in [-0.15, -0.1) is 0 Å². The van der Waals surface area contributed by atoms with Gasteiger partial charge in [0.15, 0.2) is 5.54 Å². The maximum atomic E-state index is 13.1. The molecule has 3 amide bonds. The molecule has 30 heavy (non-hydrogen) atoms. The normalized spacial score (nSPS) is 19.8. The van der Waals surface area contributed by atoms with Crippen molar-refractivity contribution in [3.63, 3.8) is 0 Å². The van der Waals surface area contributed by atoms with Crippen molar-refractivity contribution in [3.8, 4) is 11.5 Å². The maximum Gasteiger partial charge on any atom is 0.326 e. The van der Waals surface area contributed by atoms with Crippen LogP contribution in [0.25, 0.3) is 0 Å². The number of carbonyl (C=O) groups excluding carboxylic acids is 3. The summed E-state index contributed by atoms with van der Waals surface area (Å²) in [5.41, 5.74) is 0.448. The molecule has 0 saturated carbocycles. The molecule has 0 aliphatic carbocycles. The van der Waals surface area contributed by atoms with E-state index in [9.17, 15) is 14.4 Å². The van der Waals surface area contributed by atoms with E-state index in [1.165, 1.54) is 0 Å². The SMILES string of the molecule is Cc1cccc(OCCOC(=O)CN2C(=O)N[C@@]3(CCOc4ccccc43)C2=O)c1. The number of aryl methyl sites for hydroxylation is 1. The number of para-hydroxylation sites is 1. The van der Waals surface area contributed by atoms with Crippen molar-refractivity contribution in [2.45, 2.75) is 18.9 Å². The lowest BCUT2D eigenvalue weighted by Crippen LogP contribution is -2.47. The van der Waals surface area contributed by atoms with Gasteiger partial charge in [0.25, 0.3) is 5.91 Å². The summed E-state index contributed by atoms with van der Waals surface area (Å²) in [5, 5.41) is 2.75. The third-order valence-electron chi connectivity index (χ3n) is 5.15. The Labute approximate surface area is 173 Å². The predicted molar refractivity (Wildman–Crippen MR) is 106 cm³/mol. The molecule has 0 aromatic heterocycles. The van der Waals surface area contributed by atoms with Crippen LogP contribution in [0.3, 0.4) is 0 Å². The van der Waals surface area contributed by atoms with Crippen LogP contribution in [0.5, 0.6) is 11.5 Å². The molecule has 156 valence electrons. The number of nitrogens with zero attached hydrogens (tertiary/aromatic N) is 1. The lowest BCUT2D eigenvalue weighted by atomic mass is 9.84. The topological polar surface area (TPSA) is 94.2 Å². The second-order valence-corrected chi connectivity index (χ2v) is 7.21. The molecule has 8 nitrogen and oxygen atoms in total. The fraction of sp³-hybridized carbons (Fsp3) is 0.318. The van der Waals surface area contributed by atoms with Crippen molar-refractivity contribution in [3.05, 3.63) is 59.7 Å². The van der Waals surface area contributed by atoms with Crippen LogP contribution >= 0.6 is 0 Å². The van der Waals surface area contributed by atoms with Crippen LogP contribution in [0.4, 0.5) is 4.79 Å². The molecule has 1 saturated heterocycles. The first kappa shape index (κ1) is 19.8. The summed E-state index contributed by atoms with van der Waals surface area (Å²) in [6.07, 6.45) is 0.296. The Bertz CT molecular complexity index is 991. The van der Waals surface area contributed by atoms with E-state index in [1.54, 1.807) is 24.3 Å². The minimum atomic E-state index is -1.21. The molecule has 8 heteroatoms. The van der Waals surface area contributed by atoms with Gasteiger partial charge in [-0.1, -0.05) is 30.3 Å². The molecule has 4 rings (SSSR count). The number of urea groups is 1. The number of fused-ring (bicyclic) bond motifs is 2. The van der Waals surface area contributed by atoms with Crippen molar-refractivity contribution >= 4 is 17.9 Å². The lowest BCUT2D eigenvalue weighted by molar-refractivity contribution is -0.148. The number of amides is 3. The molecule has 0 unspecified atom stereocenters. The number of rotatable bonds is 6. The van der Waals surface area contributed by atoms with Gasteiger partial charge in [0.05, 0.1) is 6.61 Å². The van der Waals surface area contributed by atoms with Gasteiger partial charge in [0.2, 0.25) is 0 Å². The standard InChI is InChI=1S/C22H22N2O6/c1-15-5-4-6-16(13-15)28-11-12-30-19(25)14-24-20(26)22(23-21(24)27)9-10-29-18-8-3-2-7-17(18)22/h2-8,13H,9-12,14H2,1H3,(H,23,27)/t22-/m1/s1. The van der Waals surface area contributed by atoms with Crippen LogP contribution in [0.15, 0.2) is 48.5 Å². The smallest absolute Gasteiger partial charge is 0.326 e. The summed E-state index contributed by atoms with van der Waals surface area (Å²) in [5.74, 6) is 0.0790. The average Bonchev–Trinajstić information content (AvgIpc) is 2.96. The second kappa shape index (κ2) is 8.06. The van der Waals surface area contributed by atoms with Gasteiger partial charge in [-0.25, -0.2) is 4.79 Å². The summed E-state index contributed by atoms with van der Waals surface area (Å²) >= 11 is 0. The molecule has 1 fully saturated rings. The zero-order valence-corrected chi connectivity index (χ0v) is 16.6. The molecule has 0 radical (unpaired) electrons. The fourth-order valence-electron chi connectivity index (χ4n) is 3.71. The van der Waals surface area contributed by atoms with Gasteiger partial charge in [-0.05, 0) is 30.7 Å². The molecule has 1 atom stereocenters. The summed E-state index contributed by atoms with van der Waals surface area (Å²) in [7, 11) is 0. The average molecular weight is 410 g/mol. The monoisotopic (exact) mass is 410 g/mol. The van der Waals surface area contributed by atoms with E-state index in [-0.39, 0.29) is 19.8 Å². The van der Waals surface area contributed by atoms with Gasteiger partial charge in [0.1, 0.15) is 31.3 Å². The van der Waals surface area contributed by atoms with E-state index < -0.39 is 30.0 Å². The minimum Gasteiger partial charge on any atom is -0.493 e. The first-order valence-electron chi connectivity index (χ1n) is 9.71. The van der Waals surface area contributed by atoms with Crippen LogP contribution in [0.1, 0.15) is 17.5 Å². The molecule has 1 spiro atoms. The number of benzene rings is 2. The van der Waals surface area contributed by atoms with Crippen molar-refractivity contribution in [2.24, 2.45) is 0 Å². The van der Waals surface area contributed by atoms with Crippen LogP contribution in [-0.2, 0) is 19.9 Å². The van der Waals surface area contributed by atoms with Crippen molar-refractivity contribution in [1.29, 1.82) is 0 Å². The van der Waals surface area contributed by atoms with Crippen molar-refractivity contribution in [1.82, 2.24) is 10.2 Å². The zero-order valence-electron chi connectivity index (χ0n) is 16.6. The number of hydrogen-bond acceptors (Lipinski definition) is 6. The van der Waals surface area contributed by atoms with E-state index in [4.69, 9.17) is 14.2 Å². The van der Waals surface area contributed by atoms with Crippen LogP contribution in [0, 0.1) is 6.92 Å². The quantitative estimate of drug-likeness (QED) is 0.446. The third kappa shape index (κ3) is 3.68. The number of esters is 1. The van der Waals surface area contributed by atoms with Crippen LogP contribution in [0.2, 0.25) is 0 Å². The molecular formula is C22H22N2O6. The number of hydrogen-bond donors (Lipinski definition) is 1. The predicted octanol–water partition coefficient (Wildman–Crippen LogP) is 2.15. The molecule has 2 aliphatic rings. The summed E-state index contributed by atoms with van der Waals surface area (Å²) < 4.78 is 16.3. The Morgan fingerprint density at radius 2 is 2.00 bits per heavy atom. The lowest BCUT2D eigenvalue weighted by Gasteiger charge is -2.33. The van der Waals surface area contributed by atoms with E-state index in [1.807, 2.05) is 31.2 Å². The van der Waals surface area contributed by atoms with Gasteiger partial charge in [0, 0.05) is 12.0 Å². The summed E-state index contributed by atoms with van der Waals surface area (Å²) in [4.78, 5) is 38.7. The minimum absolute atomic E-state index is 0.0121. The van der Waals surface area contributed by atoms with E-state index in [2.05, 4.69) is 5.32 Å². The van der Waals surface area contributed by atoms with E-state index in [0.29, 0.717) is 23.5 Å². The number of ether oxygens (including phenoxy) is 3. The molecule has 2 aromatic carbocycles. The summed E-state index contributed by atoms with van der Waals surface area (Å²) in [6.45, 7) is 1.97. The maximum absolute atomic E-state index is 13.1. The Kier molecular flexibility index (Phi) is 5.31. The van der Waals surface area contributed by atoms with Gasteiger partial charge in [-0.2, -0.15) is 0 Å². The molecule has 2 aromatic rings. The highest BCUT2D eigenvalue weighted by atomic mass is 16.6. The molecule has 2 aliphatic heterocycles. The third-order valence-corrected chi connectivity index (χ3v) is 5.15. The molecule has 2 heterocycles. The molecule has 0 bridgehead atoms. The Morgan fingerprint density at radius 1 is 1.17 bits per heavy atom. The van der Waals surface area contributed by atoms with E-state index >= 15 is 0 Å². The van der Waals surface area contributed by atoms with Gasteiger partial charge < -0.3 is 19.5 Å². The Hall–Kier alpha value is -3.55. The Morgan fingerprint density at radius 3 is 2.83 bits per heavy atom. The highest BCUT2D eigenvalue weighted by Crippen LogP contribution is 2.40. The molecule has 1 N–H and O–H groups in total. The highest BCUT2D eigenvalue weighted by molar-refractivity contribution is 6.09. The first-order valence-corrected chi connectivity index (χ1v) is 9.71. The molecular weight excluding hydrogens is 388 g/mol. The fourth-order valence-corrected chi connectivity index (χ4v) is 3.71. The Balaban J connectivity index is 1.34.